The Labute approximate surface area is 178 Å². The van der Waals surface area contributed by atoms with Crippen molar-refractivity contribution in [2.45, 2.75) is 18.4 Å². The molecule has 3 aromatic rings. The quantitative estimate of drug-likeness (QED) is 0.601. The molecule has 0 aliphatic carbocycles. The summed E-state index contributed by atoms with van der Waals surface area (Å²) >= 11 is 0. The van der Waals surface area contributed by atoms with Gasteiger partial charge in [-0.25, -0.2) is 8.42 Å². The van der Waals surface area contributed by atoms with Crippen molar-refractivity contribution in [3.8, 4) is 5.75 Å². The first kappa shape index (κ1) is 20.4. The summed E-state index contributed by atoms with van der Waals surface area (Å²) in [7, 11) is -3.44. The first-order valence-corrected chi connectivity index (χ1v) is 11.5. The van der Waals surface area contributed by atoms with Crippen LogP contribution in [0.4, 0.5) is 5.69 Å². The molecule has 1 fully saturated rings. The van der Waals surface area contributed by atoms with Crippen LogP contribution in [0.2, 0.25) is 0 Å². The molecule has 0 radical (unpaired) electrons. The number of benzene rings is 3. The van der Waals surface area contributed by atoms with E-state index in [1.165, 1.54) is 0 Å². The molecule has 0 aromatic heterocycles. The van der Waals surface area contributed by atoms with Crippen LogP contribution in [0.25, 0.3) is 0 Å². The van der Waals surface area contributed by atoms with Crippen LogP contribution in [0.15, 0.2) is 83.8 Å². The maximum atomic E-state index is 12.9. The number of aryl methyl sites for hydroxylation is 1. The monoisotopic (exact) mass is 422 g/mol. The Bertz CT molecular complexity index is 1060. The molecule has 156 valence electrons. The average molecular weight is 423 g/mol. The Balaban J connectivity index is 1.34. The largest absolute Gasteiger partial charge is 0.489 e. The molecular formula is C24H26N2O3S. The number of hydrogen-bond donors (Lipinski definition) is 0. The van der Waals surface area contributed by atoms with Crippen molar-refractivity contribution in [2.75, 3.05) is 31.1 Å². The highest BCUT2D eigenvalue weighted by molar-refractivity contribution is 7.89. The molecule has 0 atom stereocenters. The van der Waals surface area contributed by atoms with Crippen LogP contribution in [0.1, 0.15) is 11.1 Å². The lowest BCUT2D eigenvalue weighted by Crippen LogP contribution is -2.48. The van der Waals surface area contributed by atoms with Crippen molar-refractivity contribution < 1.29 is 13.2 Å². The lowest BCUT2D eigenvalue weighted by Gasteiger charge is -2.35. The van der Waals surface area contributed by atoms with Crippen LogP contribution in [0, 0.1) is 6.92 Å². The van der Waals surface area contributed by atoms with Gasteiger partial charge in [0.1, 0.15) is 12.4 Å². The van der Waals surface area contributed by atoms with E-state index in [0.29, 0.717) is 37.7 Å². The molecule has 0 N–H and O–H groups in total. The van der Waals surface area contributed by atoms with Gasteiger partial charge >= 0.3 is 0 Å². The second kappa shape index (κ2) is 8.90. The third-order valence-corrected chi connectivity index (χ3v) is 7.26. The van der Waals surface area contributed by atoms with Gasteiger partial charge in [-0.1, -0.05) is 48.0 Å². The normalized spacial score (nSPS) is 15.2. The van der Waals surface area contributed by atoms with Crippen LogP contribution in [-0.2, 0) is 16.6 Å². The van der Waals surface area contributed by atoms with Gasteiger partial charge in [-0.15, -0.1) is 0 Å². The fourth-order valence-electron chi connectivity index (χ4n) is 3.54. The highest BCUT2D eigenvalue weighted by atomic mass is 32.2. The van der Waals surface area contributed by atoms with Crippen LogP contribution >= 0.6 is 0 Å². The predicted molar refractivity (Wildman–Crippen MR) is 119 cm³/mol. The minimum absolute atomic E-state index is 0.362. The van der Waals surface area contributed by atoms with E-state index in [1.54, 1.807) is 16.4 Å². The first-order chi connectivity index (χ1) is 14.5. The Morgan fingerprint density at radius 3 is 2.07 bits per heavy atom. The molecule has 0 spiro atoms. The Morgan fingerprint density at radius 2 is 1.43 bits per heavy atom. The zero-order chi connectivity index (χ0) is 21.0. The van der Waals surface area contributed by atoms with Gasteiger partial charge in [0.15, 0.2) is 0 Å². The number of piperazine rings is 1. The van der Waals surface area contributed by atoms with Crippen molar-refractivity contribution in [3.63, 3.8) is 0 Å². The molecule has 30 heavy (non-hydrogen) atoms. The van der Waals surface area contributed by atoms with E-state index in [9.17, 15) is 8.42 Å². The number of ether oxygens (including phenoxy) is 1. The van der Waals surface area contributed by atoms with Gasteiger partial charge in [-0.05, 0) is 48.9 Å². The summed E-state index contributed by atoms with van der Waals surface area (Å²) in [5.41, 5.74) is 3.26. The summed E-state index contributed by atoms with van der Waals surface area (Å²) in [6, 6.07) is 25.1. The standard InChI is InChI=1S/C24H26N2O3S/c1-20-7-13-24(14-8-20)30(27,28)26-17-15-25(16-18-26)22-9-11-23(12-10-22)29-19-21-5-3-2-4-6-21/h2-14H,15-19H2,1H3. The fourth-order valence-corrected chi connectivity index (χ4v) is 4.96. The summed E-state index contributed by atoms with van der Waals surface area (Å²) in [5, 5.41) is 0. The summed E-state index contributed by atoms with van der Waals surface area (Å²) in [6.45, 7) is 4.76. The zero-order valence-electron chi connectivity index (χ0n) is 17.1. The highest BCUT2D eigenvalue weighted by Crippen LogP contribution is 2.24. The third-order valence-electron chi connectivity index (χ3n) is 5.35. The summed E-state index contributed by atoms with van der Waals surface area (Å²) in [6.07, 6.45) is 0. The SMILES string of the molecule is Cc1ccc(S(=O)(=O)N2CCN(c3ccc(OCc4ccccc4)cc3)CC2)cc1. The molecule has 0 bridgehead atoms. The van der Waals surface area contributed by atoms with Gasteiger partial charge in [0, 0.05) is 31.9 Å². The summed E-state index contributed by atoms with van der Waals surface area (Å²) < 4.78 is 33.2. The van der Waals surface area contributed by atoms with Gasteiger partial charge in [0.2, 0.25) is 10.0 Å². The minimum atomic E-state index is -3.44. The zero-order valence-corrected chi connectivity index (χ0v) is 17.9. The van der Waals surface area contributed by atoms with Crippen molar-refractivity contribution in [3.05, 3.63) is 90.0 Å². The molecular weight excluding hydrogens is 396 g/mol. The lowest BCUT2D eigenvalue weighted by atomic mass is 10.2. The molecule has 0 unspecified atom stereocenters. The van der Waals surface area contributed by atoms with E-state index in [0.717, 1.165) is 22.6 Å². The van der Waals surface area contributed by atoms with E-state index < -0.39 is 10.0 Å². The van der Waals surface area contributed by atoms with E-state index >= 15 is 0 Å². The first-order valence-electron chi connectivity index (χ1n) is 10.1. The molecule has 1 aliphatic heterocycles. The van der Waals surface area contributed by atoms with Crippen LogP contribution < -0.4 is 9.64 Å². The molecule has 1 aliphatic rings. The Kier molecular flexibility index (Phi) is 6.06. The summed E-state index contributed by atoms with van der Waals surface area (Å²) in [5.74, 6) is 0.822. The van der Waals surface area contributed by atoms with Crippen molar-refractivity contribution in [1.29, 1.82) is 0 Å². The molecule has 4 rings (SSSR count). The van der Waals surface area contributed by atoms with Gasteiger partial charge in [0.05, 0.1) is 4.90 Å². The maximum absolute atomic E-state index is 12.9. The Hall–Kier alpha value is -2.83. The van der Waals surface area contributed by atoms with Crippen molar-refractivity contribution >= 4 is 15.7 Å². The lowest BCUT2D eigenvalue weighted by molar-refractivity contribution is 0.306. The number of sulfonamides is 1. The van der Waals surface area contributed by atoms with E-state index in [1.807, 2.05) is 73.7 Å². The van der Waals surface area contributed by atoms with Crippen molar-refractivity contribution in [1.82, 2.24) is 4.31 Å². The van der Waals surface area contributed by atoms with E-state index in [-0.39, 0.29) is 0 Å². The molecule has 1 saturated heterocycles. The van der Waals surface area contributed by atoms with Gasteiger partial charge in [-0.3, -0.25) is 0 Å². The highest BCUT2D eigenvalue weighted by Gasteiger charge is 2.28. The smallest absolute Gasteiger partial charge is 0.243 e. The van der Waals surface area contributed by atoms with E-state index in [4.69, 9.17) is 4.74 Å². The molecule has 0 saturated carbocycles. The Morgan fingerprint density at radius 1 is 0.800 bits per heavy atom. The molecule has 6 heteroatoms. The van der Waals surface area contributed by atoms with E-state index in [2.05, 4.69) is 4.90 Å². The summed E-state index contributed by atoms with van der Waals surface area (Å²) in [4.78, 5) is 2.57. The number of anilines is 1. The predicted octanol–water partition coefficient (Wildman–Crippen LogP) is 4.08. The number of nitrogens with zero attached hydrogens (tertiary/aromatic N) is 2. The fraction of sp³-hybridized carbons (Fsp3) is 0.250. The van der Waals surface area contributed by atoms with Crippen LogP contribution in [0.5, 0.6) is 5.75 Å². The van der Waals surface area contributed by atoms with Gasteiger partial charge < -0.3 is 9.64 Å². The van der Waals surface area contributed by atoms with Crippen molar-refractivity contribution in [2.24, 2.45) is 0 Å². The topological polar surface area (TPSA) is 49.9 Å². The second-order valence-electron chi connectivity index (χ2n) is 7.47. The van der Waals surface area contributed by atoms with Crippen LogP contribution in [-0.4, -0.2) is 38.9 Å². The average Bonchev–Trinajstić information content (AvgIpc) is 2.79. The maximum Gasteiger partial charge on any atom is 0.243 e. The van der Waals surface area contributed by atoms with Gasteiger partial charge in [0.25, 0.3) is 0 Å². The minimum Gasteiger partial charge on any atom is -0.489 e. The van der Waals surface area contributed by atoms with Gasteiger partial charge in [-0.2, -0.15) is 4.31 Å². The molecule has 0 amide bonds. The number of hydrogen-bond acceptors (Lipinski definition) is 4. The van der Waals surface area contributed by atoms with Crippen LogP contribution in [0.3, 0.4) is 0 Å². The molecule has 1 heterocycles. The third kappa shape index (κ3) is 4.66. The second-order valence-corrected chi connectivity index (χ2v) is 9.41. The molecule has 3 aromatic carbocycles. The number of rotatable bonds is 6. The molecule has 5 nitrogen and oxygen atoms in total.